The number of phenolic OH excluding ortho intramolecular Hbond substituents is 1. The van der Waals surface area contributed by atoms with Gasteiger partial charge in [-0.3, -0.25) is 4.79 Å². The number of nitrogen functional groups attached to an aromatic ring is 1. The number of carbonyl (C=O) groups is 1. The monoisotopic (exact) mass is 252 g/mol. The SMILES string of the molecule is Nc1ccc(O)c(C=CC(=O)NC(CO)CO)c1. The van der Waals surface area contributed by atoms with Crippen LogP contribution in [-0.4, -0.2) is 40.5 Å². The van der Waals surface area contributed by atoms with Crippen molar-refractivity contribution in [2.75, 3.05) is 18.9 Å². The van der Waals surface area contributed by atoms with Gasteiger partial charge in [0.05, 0.1) is 19.3 Å². The van der Waals surface area contributed by atoms with E-state index in [1.165, 1.54) is 24.3 Å². The first kappa shape index (κ1) is 14.0. The first-order chi connectivity index (χ1) is 8.56. The van der Waals surface area contributed by atoms with Gasteiger partial charge in [0.15, 0.2) is 0 Å². The van der Waals surface area contributed by atoms with E-state index < -0.39 is 11.9 Å². The molecule has 0 atom stereocenters. The number of anilines is 1. The molecule has 0 saturated carbocycles. The van der Waals surface area contributed by atoms with Crippen molar-refractivity contribution in [2.45, 2.75) is 6.04 Å². The summed E-state index contributed by atoms with van der Waals surface area (Å²) in [5.41, 5.74) is 6.43. The molecule has 0 fully saturated rings. The first-order valence-corrected chi connectivity index (χ1v) is 5.35. The van der Waals surface area contributed by atoms with Crippen molar-refractivity contribution in [2.24, 2.45) is 0 Å². The molecule has 0 heterocycles. The van der Waals surface area contributed by atoms with Crippen LogP contribution in [0, 0.1) is 0 Å². The molecule has 0 aliphatic carbocycles. The number of phenols is 1. The summed E-state index contributed by atoms with van der Waals surface area (Å²) >= 11 is 0. The molecule has 0 aliphatic rings. The number of hydrogen-bond donors (Lipinski definition) is 5. The van der Waals surface area contributed by atoms with E-state index in [2.05, 4.69) is 5.32 Å². The second-order valence-corrected chi connectivity index (χ2v) is 3.72. The fourth-order valence-electron chi connectivity index (χ4n) is 1.27. The maximum atomic E-state index is 11.4. The molecule has 1 rings (SSSR count). The maximum Gasteiger partial charge on any atom is 0.244 e. The lowest BCUT2D eigenvalue weighted by atomic mass is 10.1. The van der Waals surface area contributed by atoms with Gasteiger partial charge in [0.25, 0.3) is 0 Å². The zero-order valence-corrected chi connectivity index (χ0v) is 9.71. The molecule has 1 aromatic carbocycles. The molecule has 6 heteroatoms. The van der Waals surface area contributed by atoms with Gasteiger partial charge in [0.1, 0.15) is 5.75 Å². The molecule has 0 spiro atoms. The lowest BCUT2D eigenvalue weighted by Gasteiger charge is -2.11. The quantitative estimate of drug-likeness (QED) is 0.274. The molecule has 0 aromatic heterocycles. The number of hydrogen-bond acceptors (Lipinski definition) is 5. The Labute approximate surface area is 104 Å². The van der Waals surface area contributed by atoms with Crippen molar-refractivity contribution in [1.29, 1.82) is 0 Å². The summed E-state index contributed by atoms with van der Waals surface area (Å²) in [4.78, 5) is 11.4. The van der Waals surface area contributed by atoms with E-state index in [0.717, 1.165) is 0 Å². The van der Waals surface area contributed by atoms with Gasteiger partial charge < -0.3 is 26.4 Å². The third-order valence-electron chi connectivity index (χ3n) is 2.25. The number of nitrogens with two attached hydrogens (primary N) is 1. The lowest BCUT2D eigenvalue weighted by molar-refractivity contribution is -0.117. The van der Waals surface area contributed by atoms with Crippen molar-refractivity contribution in [3.63, 3.8) is 0 Å². The Bertz CT molecular complexity index is 442. The highest BCUT2D eigenvalue weighted by atomic mass is 16.3. The molecule has 1 aromatic rings. The van der Waals surface area contributed by atoms with E-state index in [4.69, 9.17) is 15.9 Å². The van der Waals surface area contributed by atoms with Gasteiger partial charge in [-0.25, -0.2) is 0 Å². The zero-order chi connectivity index (χ0) is 13.5. The third kappa shape index (κ3) is 4.08. The zero-order valence-electron chi connectivity index (χ0n) is 9.71. The summed E-state index contributed by atoms with van der Waals surface area (Å²) in [6, 6.07) is 3.79. The molecular formula is C12H16N2O4. The van der Waals surface area contributed by atoms with Crippen LogP contribution < -0.4 is 11.1 Å². The average molecular weight is 252 g/mol. The van der Waals surface area contributed by atoms with Crippen molar-refractivity contribution >= 4 is 17.7 Å². The van der Waals surface area contributed by atoms with E-state index in [1.54, 1.807) is 6.07 Å². The van der Waals surface area contributed by atoms with E-state index >= 15 is 0 Å². The first-order valence-electron chi connectivity index (χ1n) is 5.35. The Morgan fingerprint density at radius 3 is 2.67 bits per heavy atom. The highest BCUT2D eigenvalue weighted by Gasteiger charge is 2.07. The third-order valence-corrected chi connectivity index (χ3v) is 2.25. The smallest absolute Gasteiger partial charge is 0.244 e. The van der Waals surface area contributed by atoms with Crippen molar-refractivity contribution < 1.29 is 20.1 Å². The Kier molecular flexibility index (Phi) is 5.16. The molecule has 0 radical (unpaired) electrons. The molecule has 0 saturated heterocycles. The van der Waals surface area contributed by atoms with Crippen LogP contribution in [0.4, 0.5) is 5.69 Å². The molecule has 98 valence electrons. The van der Waals surface area contributed by atoms with Gasteiger partial charge >= 0.3 is 0 Å². The molecule has 6 N–H and O–H groups in total. The number of aliphatic hydroxyl groups excluding tert-OH is 2. The predicted molar refractivity (Wildman–Crippen MR) is 67.7 cm³/mol. The minimum atomic E-state index is -0.698. The molecule has 6 nitrogen and oxygen atoms in total. The van der Waals surface area contributed by atoms with Crippen LogP contribution in [0.1, 0.15) is 5.56 Å². The Morgan fingerprint density at radius 1 is 1.39 bits per heavy atom. The van der Waals surface area contributed by atoms with Crippen molar-refractivity contribution in [1.82, 2.24) is 5.32 Å². The van der Waals surface area contributed by atoms with Crippen LogP contribution in [0.15, 0.2) is 24.3 Å². The number of benzene rings is 1. The summed E-state index contributed by atoms with van der Waals surface area (Å²) in [6.45, 7) is -0.695. The fourth-order valence-corrected chi connectivity index (χ4v) is 1.27. The Morgan fingerprint density at radius 2 is 2.06 bits per heavy atom. The minimum Gasteiger partial charge on any atom is -0.507 e. The summed E-state index contributed by atoms with van der Waals surface area (Å²) in [7, 11) is 0. The molecule has 1 amide bonds. The van der Waals surface area contributed by atoms with Gasteiger partial charge in [0, 0.05) is 17.3 Å². The summed E-state index contributed by atoms with van der Waals surface area (Å²) in [5.74, 6) is -0.473. The number of nitrogens with one attached hydrogen (secondary N) is 1. The highest BCUT2D eigenvalue weighted by molar-refractivity contribution is 5.92. The standard InChI is InChI=1S/C12H16N2O4/c13-9-2-3-11(17)8(5-9)1-4-12(18)14-10(6-15)7-16/h1-5,10,15-17H,6-7,13H2,(H,14,18). The number of amides is 1. The number of aromatic hydroxyl groups is 1. The van der Waals surface area contributed by atoms with Crippen LogP contribution in [0.3, 0.4) is 0 Å². The van der Waals surface area contributed by atoms with Gasteiger partial charge in [-0.1, -0.05) is 0 Å². The van der Waals surface area contributed by atoms with Crippen molar-refractivity contribution in [3.8, 4) is 5.75 Å². The van der Waals surface area contributed by atoms with Gasteiger partial charge in [-0.05, 0) is 24.3 Å². The predicted octanol–water partition coefficient (Wildman–Crippen LogP) is -0.543. The number of rotatable bonds is 5. The number of aliphatic hydroxyl groups is 2. The summed E-state index contributed by atoms with van der Waals surface area (Å²) < 4.78 is 0. The van der Waals surface area contributed by atoms with Crippen LogP contribution in [0.25, 0.3) is 6.08 Å². The molecule has 0 unspecified atom stereocenters. The number of carbonyl (C=O) groups excluding carboxylic acids is 1. The maximum absolute atomic E-state index is 11.4. The van der Waals surface area contributed by atoms with Crippen LogP contribution in [0.5, 0.6) is 5.75 Å². The minimum absolute atomic E-state index is 0.00844. The van der Waals surface area contributed by atoms with Gasteiger partial charge in [0.2, 0.25) is 5.91 Å². The van der Waals surface area contributed by atoms with Crippen LogP contribution in [-0.2, 0) is 4.79 Å². The van der Waals surface area contributed by atoms with E-state index in [-0.39, 0.29) is 19.0 Å². The normalized spacial score (nSPS) is 11.1. The fraction of sp³-hybridized carbons (Fsp3) is 0.250. The molecular weight excluding hydrogens is 236 g/mol. The van der Waals surface area contributed by atoms with Crippen molar-refractivity contribution in [3.05, 3.63) is 29.8 Å². The van der Waals surface area contributed by atoms with Gasteiger partial charge in [-0.15, -0.1) is 0 Å². The van der Waals surface area contributed by atoms with E-state index in [1.807, 2.05) is 0 Å². The second-order valence-electron chi connectivity index (χ2n) is 3.72. The largest absolute Gasteiger partial charge is 0.507 e. The van der Waals surface area contributed by atoms with E-state index in [0.29, 0.717) is 11.3 Å². The summed E-state index contributed by atoms with van der Waals surface area (Å²) in [5, 5.41) is 29.5. The molecule has 18 heavy (non-hydrogen) atoms. The molecule has 0 aliphatic heterocycles. The Hall–Kier alpha value is -2.05. The Balaban J connectivity index is 2.68. The molecule has 0 bridgehead atoms. The van der Waals surface area contributed by atoms with E-state index in [9.17, 15) is 9.90 Å². The highest BCUT2D eigenvalue weighted by Crippen LogP contribution is 2.20. The second kappa shape index (κ2) is 6.63. The summed E-state index contributed by atoms with van der Waals surface area (Å²) in [6.07, 6.45) is 2.58. The van der Waals surface area contributed by atoms with Crippen LogP contribution in [0.2, 0.25) is 0 Å². The topological polar surface area (TPSA) is 116 Å². The van der Waals surface area contributed by atoms with Gasteiger partial charge in [-0.2, -0.15) is 0 Å². The van der Waals surface area contributed by atoms with Crippen LogP contribution >= 0.6 is 0 Å². The lowest BCUT2D eigenvalue weighted by Crippen LogP contribution is -2.39. The average Bonchev–Trinajstić information content (AvgIpc) is 2.37.